The molecule has 0 saturated carbocycles. The van der Waals surface area contributed by atoms with Crippen LogP contribution in [-0.4, -0.2) is 42.4 Å². The normalized spacial score (nSPS) is 23.1. The molecular formula is C17H24Cl2N2O2. The number of hydrogen-bond donors (Lipinski definition) is 2. The van der Waals surface area contributed by atoms with Crippen molar-refractivity contribution in [2.75, 3.05) is 26.3 Å². The van der Waals surface area contributed by atoms with Crippen LogP contribution in [0.4, 0.5) is 0 Å². The fourth-order valence-corrected chi connectivity index (χ4v) is 4.10. The largest absolute Gasteiger partial charge is 0.508 e. The number of aromatic hydroxyl groups is 1. The van der Waals surface area contributed by atoms with E-state index in [0.717, 1.165) is 52.0 Å². The Labute approximate surface area is 147 Å². The van der Waals surface area contributed by atoms with E-state index < -0.39 is 0 Å². The van der Waals surface area contributed by atoms with Gasteiger partial charge in [0.1, 0.15) is 5.75 Å². The summed E-state index contributed by atoms with van der Waals surface area (Å²) in [6.07, 6.45) is 4.34. The van der Waals surface area contributed by atoms with Crippen molar-refractivity contribution in [1.82, 2.24) is 4.90 Å². The molecule has 1 atom stereocenters. The molecular weight excluding hydrogens is 335 g/mol. The Morgan fingerprint density at radius 2 is 1.70 bits per heavy atom. The molecule has 1 aromatic carbocycles. The van der Waals surface area contributed by atoms with Crippen LogP contribution in [0, 0.1) is 5.92 Å². The molecule has 2 fully saturated rings. The molecule has 4 nitrogen and oxygen atoms in total. The molecule has 6 heteroatoms. The zero-order valence-electron chi connectivity index (χ0n) is 13.2. The van der Waals surface area contributed by atoms with Crippen molar-refractivity contribution in [3.63, 3.8) is 0 Å². The van der Waals surface area contributed by atoms with Gasteiger partial charge in [-0.2, -0.15) is 0 Å². The SMILES string of the molecule is NC(c1cc(Cl)c(Cl)cc1O)C1CCN(C2CCOCC2)CC1. The summed E-state index contributed by atoms with van der Waals surface area (Å²) in [5.74, 6) is 0.494. The topological polar surface area (TPSA) is 58.7 Å². The summed E-state index contributed by atoms with van der Waals surface area (Å²) in [6, 6.07) is 3.63. The minimum atomic E-state index is -0.207. The van der Waals surface area contributed by atoms with E-state index in [0.29, 0.717) is 27.6 Å². The lowest BCUT2D eigenvalue weighted by atomic mass is 9.85. The number of likely N-dealkylation sites (tertiary alicyclic amines) is 1. The van der Waals surface area contributed by atoms with Gasteiger partial charge in [0.25, 0.3) is 0 Å². The van der Waals surface area contributed by atoms with Crippen molar-refractivity contribution in [2.24, 2.45) is 11.7 Å². The molecule has 0 spiro atoms. The minimum absolute atomic E-state index is 0.138. The standard InChI is InChI=1S/C17H24Cl2N2O2/c18-14-9-13(16(22)10-15(14)19)17(20)11-1-5-21(6-2-11)12-3-7-23-8-4-12/h9-12,17,22H,1-8,20H2. The molecule has 0 radical (unpaired) electrons. The summed E-state index contributed by atoms with van der Waals surface area (Å²) in [4.78, 5) is 2.57. The number of halogens is 2. The molecule has 0 amide bonds. The van der Waals surface area contributed by atoms with Crippen LogP contribution in [0.25, 0.3) is 0 Å². The second-order valence-corrected chi connectivity index (χ2v) is 7.38. The van der Waals surface area contributed by atoms with Gasteiger partial charge in [-0.05, 0) is 50.8 Å². The first kappa shape index (κ1) is 17.3. The molecule has 0 aromatic heterocycles. The van der Waals surface area contributed by atoms with Crippen molar-refractivity contribution in [1.29, 1.82) is 0 Å². The quantitative estimate of drug-likeness (QED) is 0.866. The van der Waals surface area contributed by atoms with Crippen LogP contribution in [-0.2, 0) is 4.74 Å². The van der Waals surface area contributed by atoms with Crippen LogP contribution in [0.3, 0.4) is 0 Å². The van der Waals surface area contributed by atoms with Crippen molar-refractivity contribution < 1.29 is 9.84 Å². The first-order valence-corrected chi connectivity index (χ1v) is 9.07. The first-order chi connectivity index (χ1) is 11.1. The Morgan fingerprint density at radius 1 is 1.09 bits per heavy atom. The maximum atomic E-state index is 10.1. The third-order valence-corrected chi connectivity index (χ3v) is 5.94. The highest BCUT2D eigenvalue weighted by molar-refractivity contribution is 6.42. The first-order valence-electron chi connectivity index (χ1n) is 8.31. The second-order valence-electron chi connectivity index (χ2n) is 6.57. The summed E-state index contributed by atoms with van der Waals surface area (Å²) in [5, 5.41) is 10.9. The summed E-state index contributed by atoms with van der Waals surface area (Å²) >= 11 is 12.0. The lowest BCUT2D eigenvalue weighted by molar-refractivity contribution is 0.0192. The minimum Gasteiger partial charge on any atom is -0.508 e. The number of piperidine rings is 1. The molecule has 128 valence electrons. The molecule has 2 aliphatic heterocycles. The summed E-state index contributed by atoms with van der Waals surface area (Å²) in [5.41, 5.74) is 7.11. The molecule has 23 heavy (non-hydrogen) atoms. The molecule has 0 aliphatic carbocycles. The molecule has 1 aromatic rings. The van der Waals surface area contributed by atoms with Gasteiger partial charge in [0, 0.05) is 36.9 Å². The van der Waals surface area contributed by atoms with E-state index in [9.17, 15) is 5.11 Å². The van der Waals surface area contributed by atoms with E-state index in [4.69, 9.17) is 33.7 Å². The number of rotatable bonds is 3. The van der Waals surface area contributed by atoms with Gasteiger partial charge in [0.15, 0.2) is 0 Å². The predicted octanol–water partition coefficient (Wildman–Crippen LogP) is 3.59. The predicted molar refractivity (Wildman–Crippen MR) is 93.2 cm³/mol. The number of hydrogen-bond acceptors (Lipinski definition) is 4. The van der Waals surface area contributed by atoms with Crippen molar-refractivity contribution >= 4 is 23.2 Å². The summed E-state index contributed by atoms with van der Waals surface area (Å²) in [7, 11) is 0. The van der Waals surface area contributed by atoms with Gasteiger partial charge in [-0.1, -0.05) is 23.2 Å². The van der Waals surface area contributed by atoms with E-state index in [1.807, 2.05) is 0 Å². The number of ether oxygens (including phenoxy) is 1. The van der Waals surface area contributed by atoms with E-state index in [-0.39, 0.29) is 11.8 Å². The monoisotopic (exact) mass is 358 g/mol. The van der Waals surface area contributed by atoms with E-state index in [2.05, 4.69) is 4.90 Å². The van der Waals surface area contributed by atoms with Gasteiger partial charge in [-0.15, -0.1) is 0 Å². The molecule has 3 rings (SSSR count). The van der Waals surface area contributed by atoms with Gasteiger partial charge in [-0.25, -0.2) is 0 Å². The Morgan fingerprint density at radius 3 is 2.35 bits per heavy atom. The lowest BCUT2D eigenvalue weighted by Crippen LogP contribution is -2.45. The Balaban J connectivity index is 1.62. The number of nitrogens with two attached hydrogens (primary N) is 1. The third-order valence-electron chi connectivity index (χ3n) is 5.22. The fourth-order valence-electron chi connectivity index (χ4n) is 3.77. The molecule has 2 heterocycles. The van der Waals surface area contributed by atoms with Crippen molar-refractivity contribution in [3.8, 4) is 5.75 Å². The van der Waals surface area contributed by atoms with E-state index in [1.54, 1.807) is 6.07 Å². The Bertz CT molecular complexity index is 542. The maximum Gasteiger partial charge on any atom is 0.121 e. The van der Waals surface area contributed by atoms with Crippen LogP contribution < -0.4 is 5.73 Å². The Kier molecular flexibility index (Phi) is 5.70. The summed E-state index contributed by atoms with van der Waals surface area (Å²) in [6.45, 7) is 3.87. The number of benzene rings is 1. The van der Waals surface area contributed by atoms with E-state index in [1.165, 1.54) is 6.07 Å². The van der Waals surface area contributed by atoms with Gasteiger partial charge in [0.2, 0.25) is 0 Å². The highest BCUT2D eigenvalue weighted by Crippen LogP contribution is 2.38. The molecule has 2 saturated heterocycles. The second kappa shape index (κ2) is 7.58. The van der Waals surface area contributed by atoms with Crippen molar-refractivity contribution in [2.45, 2.75) is 37.8 Å². The average molecular weight is 359 g/mol. The Hall–Kier alpha value is -0.520. The molecule has 3 N–H and O–H groups in total. The maximum absolute atomic E-state index is 10.1. The fraction of sp³-hybridized carbons (Fsp3) is 0.647. The number of phenols is 1. The van der Waals surface area contributed by atoms with Crippen LogP contribution in [0.2, 0.25) is 10.0 Å². The average Bonchev–Trinajstić information content (AvgIpc) is 2.58. The third kappa shape index (κ3) is 3.94. The van der Waals surface area contributed by atoms with Gasteiger partial charge < -0.3 is 20.5 Å². The van der Waals surface area contributed by atoms with Crippen LogP contribution in [0.1, 0.15) is 37.3 Å². The highest BCUT2D eigenvalue weighted by Gasteiger charge is 2.30. The molecule has 0 bridgehead atoms. The molecule has 2 aliphatic rings. The van der Waals surface area contributed by atoms with Gasteiger partial charge in [0.05, 0.1) is 10.0 Å². The van der Waals surface area contributed by atoms with Gasteiger partial charge in [-0.3, -0.25) is 0 Å². The van der Waals surface area contributed by atoms with E-state index >= 15 is 0 Å². The smallest absolute Gasteiger partial charge is 0.121 e. The van der Waals surface area contributed by atoms with Gasteiger partial charge >= 0.3 is 0 Å². The highest BCUT2D eigenvalue weighted by atomic mass is 35.5. The van der Waals surface area contributed by atoms with Crippen LogP contribution in [0.5, 0.6) is 5.75 Å². The van der Waals surface area contributed by atoms with Crippen LogP contribution in [0.15, 0.2) is 12.1 Å². The zero-order chi connectivity index (χ0) is 16.4. The number of nitrogens with zero attached hydrogens (tertiary/aromatic N) is 1. The number of phenolic OH excluding ortho intramolecular Hbond substituents is 1. The van der Waals surface area contributed by atoms with Crippen molar-refractivity contribution in [3.05, 3.63) is 27.7 Å². The summed E-state index contributed by atoms with van der Waals surface area (Å²) < 4.78 is 5.44. The zero-order valence-corrected chi connectivity index (χ0v) is 14.7. The van der Waals surface area contributed by atoms with Crippen LogP contribution >= 0.6 is 23.2 Å². The lowest BCUT2D eigenvalue weighted by Gasteiger charge is -2.40. The molecule has 1 unspecified atom stereocenters.